The topological polar surface area (TPSA) is 162 Å². The molecular formula is C31H38N8O3. The summed E-state index contributed by atoms with van der Waals surface area (Å²) in [6.07, 6.45) is 8.23. The van der Waals surface area contributed by atoms with Crippen LogP contribution in [0.3, 0.4) is 0 Å². The van der Waals surface area contributed by atoms with Crippen molar-refractivity contribution >= 4 is 34.4 Å². The van der Waals surface area contributed by atoms with Crippen LogP contribution in [0.15, 0.2) is 59.7 Å². The monoisotopic (exact) mass is 570 g/mol. The zero-order chi connectivity index (χ0) is 29.6. The fourth-order valence-corrected chi connectivity index (χ4v) is 5.56. The Morgan fingerprint density at radius 2 is 1.74 bits per heavy atom. The number of fused-ring (bicyclic) bond motifs is 1. The second-order valence-electron chi connectivity index (χ2n) is 11.3. The van der Waals surface area contributed by atoms with Crippen molar-refractivity contribution in [3.8, 4) is 11.1 Å². The Bertz CT molecular complexity index is 1590. The molecule has 0 spiro atoms. The van der Waals surface area contributed by atoms with Gasteiger partial charge in [-0.05, 0) is 73.4 Å². The zero-order valence-corrected chi connectivity index (χ0v) is 24.0. The normalized spacial score (nSPS) is 17.5. The summed E-state index contributed by atoms with van der Waals surface area (Å²) in [6, 6.07) is 12.0. The summed E-state index contributed by atoms with van der Waals surface area (Å²) in [5.41, 5.74) is 9.37. The number of rotatable bonds is 10. The summed E-state index contributed by atoms with van der Waals surface area (Å²) < 4.78 is 0. The van der Waals surface area contributed by atoms with Crippen molar-refractivity contribution in [1.29, 1.82) is 0 Å². The van der Waals surface area contributed by atoms with Crippen LogP contribution in [0.4, 0.5) is 11.6 Å². The molecule has 2 aromatic carbocycles. The van der Waals surface area contributed by atoms with Crippen molar-refractivity contribution < 1.29 is 9.59 Å². The SMILES string of the molecule is CN(C)c1ncc(-c2cccc(CC(NC(=O)CC3CCC(CN)CC3)C(=O)Nc3ccc4c(=O)[nH][nH]c4c3)c2)cn1. The Morgan fingerprint density at radius 1 is 1.00 bits per heavy atom. The number of aromatic nitrogens is 4. The van der Waals surface area contributed by atoms with E-state index in [2.05, 4.69) is 30.8 Å². The van der Waals surface area contributed by atoms with Gasteiger partial charge in [0, 0.05) is 50.6 Å². The number of amides is 2. The van der Waals surface area contributed by atoms with E-state index in [-0.39, 0.29) is 23.3 Å². The number of aromatic amines is 2. The average molecular weight is 571 g/mol. The number of nitrogens with one attached hydrogen (secondary N) is 4. The number of hydrogen-bond donors (Lipinski definition) is 5. The largest absolute Gasteiger partial charge is 0.347 e. The summed E-state index contributed by atoms with van der Waals surface area (Å²) in [7, 11) is 3.77. The van der Waals surface area contributed by atoms with Gasteiger partial charge in [-0.25, -0.2) is 9.97 Å². The van der Waals surface area contributed by atoms with E-state index in [1.165, 1.54) is 0 Å². The third-order valence-corrected chi connectivity index (χ3v) is 8.01. The first-order chi connectivity index (χ1) is 20.3. The summed E-state index contributed by atoms with van der Waals surface area (Å²) >= 11 is 0. The Hall–Kier alpha value is -4.51. The number of carbonyl (C=O) groups excluding carboxylic acids is 2. The van der Waals surface area contributed by atoms with Crippen LogP contribution in [0.1, 0.15) is 37.7 Å². The first kappa shape index (κ1) is 29.0. The predicted octanol–water partition coefficient (Wildman–Crippen LogP) is 3.20. The van der Waals surface area contributed by atoms with Gasteiger partial charge in [-0.3, -0.25) is 24.6 Å². The van der Waals surface area contributed by atoms with Gasteiger partial charge < -0.3 is 21.3 Å². The molecule has 1 atom stereocenters. The molecule has 1 fully saturated rings. The maximum absolute atomic E-state index is 13.6. The molecule has 6 N–H and O–H groups in total. The van der Waals surface area contributed by atoms with E-state index in [1.807, 2.05) is 43.3 Å². The van der Waals surface area contributed by atoms with Crippen LogP contribution in [0.2, 0.25) is 0 Å². The molecule has 2 aromatic heterocycles. The molecule has 1 saturated carbocycles. The van der Waals surface area contributed by atoms with Gasteiger partial charge in [0.05, 0.1) is 10.9 Å². The molecule has 0 aliphatic heterocycles. The summed E-state index contributed by atoms with van der Waals surface area (Å²) in [6.45, 7) is 0.689. The van der Waals surface area contributed by atoms with Gasteiger partial charge >= 0.3 is 0 Å². The molecule has 0 bridgehead atoms. The average Bonchev–Trinajstić information content (AvgIpc) is 3.37. The maximum atomic E-state index is 13.6. The molecule has 1 unspecified atom stereocenters. The van der Waals surface area contributed by atoms with E-state index in [1.54, 1.807) is 30.6 Å². The number of anilines is 2. The fourth-order valence-electron chi connectivity index (χ4n) is 5.56. The first-order valence-electron chi connectivity index (χ1n) is 14.4. The number of nitrogens with zero attached hydrogens (tertiary/aromatic N) is 3. The highest BCUT2D eigenvalue weighted by atomic mass is 16.2. The van der Waals surface area contributed by atoms with Crippen molar-refractivity contribution in [3.63, 3.8) is 0 Å². The second-order valence-corrected chi connectivity index (χ2v) is 11.3. The highest BCUT2D eigenvalue weighted by molar-refractivity contribution is 5.98. The summed E-state index contributed by atoms with van der Waals surface area (Å²) in [5.74, 6) is 0.967. The number of hydrogen-bond acceptors (Lipinski definition) is 7. The minimum absolute atomic E-state index is 0.138. The fraction of sp³-hybridized carbons (Fsp3) is 0.387. The molecule has 5 rings (SSSR count). The van der Waals surface area contributed by atoms with Gasteiger partial charge in [-0.2, -0.15) is 0 Å². The van der Waals surface area contributed by atoms with Crippen molar-refractivity contribution in [3.05, 3.63) is 70.8 Å². The standard InChI is InChI=1S/C31H38N8O3/c1-39(2)31-33-17-23(18-34-31)22-5-3-4-21(12-22)13-27(36-28(40)14-19-6-8-20(16-32)9-7-19)30(42)35-24-10-11-25-26(15-24)37-38-29(25)41/h3-5,10-12,15,17-20,27H,6-9,13-14,16,32H2,1-2H3,(H,35,42)(H,36,40)(H2,37,38,41). The number of carbonyl (C=O) groups is 2. The van der Waals surface area contributed by atoms with Crippen molar-refractivity contribution in [2.75, 3.05) is 30.9 Å². The van der Waals surface area contributed by atoms with Crippen molar-refractivity contribution in [2.45, 2.75) is 44.6 Å². The molecule has 2 amide bonds. The predicted molar refractivity (Wildman–Crippen MR) is 164 cm³/mol. The van der Waals surface area contributed by atoms with Crippen molar-refractivity contribution in [1.82, 2.24) is 25.5 Å². The Morgan fingerprint density at radius 3 is 2.45 bits per heavy atom. The molecule has 1 aliphatic rings. The minimum Gasteiger partial charge on any atom is -0.347 e. The lowest BCUT2D eigenvalue weighted by Gasteiger charge is -2.28. The van der Waals surface area contributed by atoms with E-state index in [4.69, 9.17) is 5.73 Å². The summed E-state index contributed by atoms with van der Waals surface area (Å²) in [5, 5.41) is 11.8. The molecule has 0 radical (unpaired) electrons. The highest BCUT2D eigenvalue weighted by Crippen LogP contribution is 2.30. The van der Waals surface area contributed by atoms with E-state index in [0.29, 0.717) is 47.8 Å². The maximum Gasteiger partial charge on any atom is 0.271 e. The highest BCUT2D eigenvalue weighted by Gasteiger charge is 2.26. The quantitative estimate of drug-likeness (QED) is 0.196. The molecule has 220 valence electrons. The lowest BCUT2D eigenvalue weighted by molar-refractivity contribution is -0.127. The van der Waals surface area contributed by atoms with Gasteiger partial charge in [-0.15, -0.1) is 0 Å². The molecule has 11 heteroatoms. The van der Waals surface area contributed by atoms with Crippen LogP contribution in [-0.2, 0) is 16.0 Å². The van der Waals surface area contributed by atoms with E-state index >= 15 is 0 Å². The first-order valence-corrected chi connectivity index (χ1v) is 14.4. The number of nitrogens with two attached hydrogens (primary N) is 1. The van der Waals surface area contributed by atoms with Gasteiger partial charge in [-0.1, -0.05) is 24.3 Å². The van der Waals surface area contributed by atoms with Gasteiger partial charge in [0.25, 0.3) is 5.56 Å². The van der Waals surface area contributed by atoms with E-state index in [0.717, 1.165) is 42.4 Å². The van der Waals surface area contributed by atoms with Gasteiger partial charge in [0.15, 0.2) is 0 Å². The molecule has 2 heterocycles. The van der Waals surface area contributed by atoms with Crippen LogP contribution >= 0.6 is 0 Å². The lowest BCUT2D eigenvalue weighted by atomic mass is 9.80. The smallest absolute Gasteiger partial charge is 0.271 e. The number of H-pyrrole nitrogens is 2. The van der Waals surface area contributed by atoms with Gasteiger partial charge in [0.1, 0.15) is 6.04 Å². The molecule has 1 aliphatic carbocycles. The number of benzene rings is 2. The van der Waals surface area contributed by atoms with Crippen LogP contribution in [-0.4, -0.2) is 58.7 Å². The zero-order valence-electron chi connectivity index (χ0n) is 24.0. The second kappa shape index (κ2) is 13.0. The molecule has 11 nitrogen and oxygen atoms in total. The van der Waals surface area contributed by atoms with Crippen molar-refractivity contribution in [2.24, 2.45) is 17.6 Å². The molecular weight excluding hydrogens is 532 g/mol. The lowest BCUT2D eigenvalue weighted by Crippen LogP contribution is -2.45. The van der Waals surface area contributed by atoms with E-state index < -0.39 is 6.04 Å². The Balaban J connectivity index is 1.33. The van der Waals surface area contributed by atoms with Crippen LogP contribution in [0, 0.1) is 11.8 Å². The third-order valence-electron chi connectivity index (χ3n) is 8.01. The molecule has 4 aromatic rings. The minimum atomic E-state index is -0.804. The summed E-state index contributed by atoms with van der Waals surface area (Å²) in [4.78, 5) is 49.3. The third kappa shape index (κ3) is 7.03. The van der Waals surface area contributed by atoms with E-state index in [9.17, 15) is 14.4 Å². The van der Waals surface area contributed by atoms with Crippen LogP contribution < -0.4 is 26.8 Å². The van der Waals surface area contributed by atoms with Gasteiger partial charge in [0.2, 0.25) is 17.8 Å². The Kier molecular flexibility index (Phi) is 8.97. The molecule has 0 saturated heterocycles. The molecule has 42 heavy (non-hydrogen) atoms. The Labute approximate surface area is 244 Å². The van der Waals surface area contributed by atoms with Crippen LogP contribution in [0.5, 0.6) is 0 Å². The van der Waals surface area contributed by atoms with Crippen LogP contribution in [0.25, 0.3) is 22.0 Å².